The molecule has 0 atom stereocenters. The molecule has 0 radical (unpaired) electrons. The molecule has 27 heavy (non-hydrogen) atoms. The van der Waals surface area contributed by atoms with E-state index in [-0.39, 0.29) is 12.0 Å². The summed E-state index contributed by atoms with van der Waals surface area (Å²) >= 11 is 6.12. The molecule has 1 aliphatic heterocycles. The molecule has 1 aliphatic rings. The monoisotopic (exact) mass is 387 g/mol. The number of aromatic nitrogens is 2. The van der Waals surface area contributed by atoms with Crippen molar-refractivity contribution in [1.82, 2.24) is 15.0 Å². The van der Waals surface area contributed by atoms with Crippen LogP contribution in [0.3, 0.4) is 0 Å². The van der Waals surface area contributed by atoms with Crippen molar-refractivity contribution in [3.8, 4) is 5.88 Å². The van der Waals surface area contributed by atoms with Crippen LogP contribution in [0, 0.1) is 0 Å². The number of carbonyl (C=O) groups excluding carboxylic acids is 1. The van der Waals surface area contributed by atoms with Gasteiger partial charge in [0.2, 0.25) is 5.91 Å². The van der Waals surface area contributed by atoms with E-state index in [9.17, 15) is 4.79 Å². The fraction of sp³-hybridized carbons (Fsp3) is 0.400. The molecule has 2 aromatic heterocycles. The first kappa shape index (κ1) is 17.9. The Morgan fingerprint density at radius 3 is 3.07 bits per heavy atom. The highest BCUT2D eigenvalue weighted by molar-refractivity contribution is 6.31. The van der Waals surface area contributed by atoms with E-state index in [0.29, 0.717) is 37.6 Å². The largest absolute Gasteiger partial charge is 0.473 e. The van der Waals surface area contributed by atoms with Crippen molar-refractivity contribution in [1.29, 1.82) is 0 Å². The van der Waals surface area contributed by atoms with Gasteiger partial charge in [-0.3, -0.25) is 4.79 Å². The minimum atomic E-state index is 0.0401. The van der Waals surface area contributed by atoms with Crippen molar-refractivity contribution in [3.63, 3.8) is 0 Å². The first-order valence-electron chi connectivity index (χ1n) is 9.18. The molecule has 0 bridgehead atoms. The van der Waals surface area contributed by atoms with Crippen LogP contribution in [0.5, 0.6) is 5.88 Å². The minimum absolute atomic E-state index is 0.0401. The molecule has 0 unspecified atom stereocenters. The van der Waals surface area contributed by atoms with E-state index in [1.807, 2.05) is 36.9 Å². The van der Waals surface area contributed by atoms with Crippen molar-refractivity contribution in [3.05, 3.63) is 46.3 Å². The highest BCUT2D eigenvalue weighted by Gasteiger charge is 2.24. The SMILES string of the molecule is CC(C)Oc1cc(CCC(=O)N2CCc3c([nH]c4ccc(Cl)cc34)C2)on1. The zero-order chi connectivity index (χ0) is 19.0. The second-order valence-electron chi connectivity index (χ2n) is 7.14. The maximum absolute atomic E-state index is 12.6. The van der Waals surface area contributed by atoms with E-state index < -0.39 is 0 Å². The van der Waals surface area contributed by atoms with Crippen LogP contribution >= 0.6 is 11.6 Å². The summed E-state index contributed by atoms with van der Waals surface area (Å²) in [6, 6.07) is 7.61. The van der Waals surface area contributed by atoms with Gasteiger partial charge in [0.1, 0.15) is 5.76 Å². The van der Waals surface area contributed by atoms with Crippen LogP contribution in [0.2, 0.25) is 5.02 Å². The second kappa shape index (κ2) is 7.27. The van der Waals surface area contributed by atoms with Crippen LogP contribution in [0.1, 0.15) is 37.3 Å². The molecular formula is C20H22ClN3O3. The van der Waals surface area contributed by atoms with Crippen molar-refractivity contribution >= 4 is 28.4 Å². The Labute approximate surface area is 162 Å². The van der Waals surface area contributed by atoms with E-state index in [4.69, 9.17) is 20.9 Å². The smallest absolute Gasteiger partial charge is 0.254 e. The lowest BCUT2D eigenvalue weighted by Crippen LogP contribution is -2.35. The summed E-state index contributed by atoms with van der Waals surface area (Å²) in [6.07, 6.45) is 1.77. The van der Waals surface area contributed by atoms with Crippen molar-refractivity contribution in [2.75, 3.05) is 6.54 Å². The van der Waals surface area contributed by atoms with Gasteiger partial charge in [-0.2, -0.15) is 0 Å². The van der Waals surface area contributed by atoms with Gasteiger partial charge in [-0.1, -0.05) is 11.6 Å². The van der Waals surface area contributed by atoms with E-state index in [1.54, 1.807) is 6.07 Å². The normalized spacial score (nSPS) is 14.0. The third-order valence-corrected chi connectivity index (χ3v) is 5.00. The number of benzene rings is 1. The standard InChI is InChI=1S/C20H22ClN3O3/c1-12(2)26-19-10-14(27-23-19)4-6-20(25)24-8-7-15-16-9-13(21)3-5-17(16)22-18(15)11-24/h3,5,9-10,12,22H,4,6-8,11H2,1-2H3. The van der Waals surface area contributed by atoms with Gasteiger partial charge in [0.15, 0.2) is 0 Å². The predicted molar refractivity (Wildman–Crippen MR) is 103 cm³/mol. The van der Waals surface area contributed by atoms with Gasteiger partial charge in [-0.15, -0.1) is 0 Å². The maximum Gasteiger partial charge on any atom is 0.254 e. The molecule has 142 valence electrons. The number of amides is 1. The molecule has 3 aromatic rings. The van der Waals surface area contributed by atoms with Crippen molar-refractivity contribution in [2.45, 2.75) is 45.8 Å². The van der Waals surface area contributed by atoms with Crippen LogP contribution in [-0.4, -0.2) is 33.6 Å². The van der Waals surface area contributed by atoms with Crippen LogP contribution < -0.4 is 4.74 Å². The number of carbonyl (C=O) groups is 1. The lowest BCUT2D eigenvalue weighted by Gasteiger charge is -2.27. The van der Waals surface area contributed by atoms with E-state index in [2.05, 4.69) is 10.1 Å². The first-order valence-corrected chi connectivity index (χ1v) is 9.56. The molecule has 1 N–H and O–H groups in total. The molecule has 0 fully saturated rings. The van der Waals surface area contributed by atoms with Gasteiger partial charge >= 0.3 is 0 Å². The molecule has 1 aromatic carbocycles. The summed E-state index contributed by atoms with van der Waals surface area (Å²) < 4.78 is 10.7. The Balaban J connectivity index is 1.39. The summed E-state index contributed by atoms with van der Waals surface area (Å²) in [7, 11) is 0. The van der Waals surface area contributed by atoms with Crippen LogP contribution in [0.25, 0.3) is 10.9 Å². The summed E-state index contributed by atoms with van der Waals surface area (Å²) in [5.41, 5.74) is 3.43. The van der Waals surface area contributed by atoms with Gasteiger partial charge in [0.25, 0.3) is 5.88 Å². The number of rotatable bonds is 5. The Kier molecular flexibility index (Phi) is 4.83. The predicted octanol–water partition coefficient (Wildman–Crippen LogP) is 4.11. The van der Waals surface area contributed by atoms with Gasteiger partial charge in [0, 0.05) is 47.1 Å². The number of aryl methyl sites for hydroxylation is 1. The molecule has 0 aliphatic carbocycles. The number of ether oxygens (including phenoxy) is 1. The quantitative estimate of drug-likeness (QED) is 0.715. The third kappa shape index (κ3) is 3.81. The maximum atomic E-state index is 12.6. The van der Waals surface area contributed by atoms with Gasteiger partial charge in [-0.05, 0) is 49.2 Å². The van der Waals surface area contributed by atoms with Gasteiger partial charge in [0.05, 0.1) is 12.6 Å². The molecule has 1 amide bonds. The van der Waals surface area contributed by atoms with Crippen LogP contribution in [-0.2, 0) is 24.2 Å². The highest BCUT2D eigenvalue weighted by atomic mass is 35.5. The number of fused-ring (bicyclic) bond motifs is 3. The number of nitrogens with one attached hydrogen (secondary N) is 1. The molecular weight excluding hydrogens is 366 g/mol. The summed E-state index contributed by atoms with van der Waals surface area (Å²) in [6.45, 7) is 5.17. The Bertz CT molecular complexity index is 976. The lowest BCUT2D eigenvalue weighted by molar-refractivity contribution is -0.132. The van der Waals surface area contributed by atoms with Crippen molar-refractivity contribution < 1.29 is 14.1 Å². The average molecular weight is 388 g/mol. The van der Waals surface area contributed by atoms with E-state index in [1.165, 1.54) is 5.56 Å². The molecule has 0 saturated carbocycles. The summed E-state index contributed by atoms with van der Waals surface area (Å²) in [4.78, 5) is 17.9. The summed E-state index contributed by atoms with van der Waals surface area (Å²) in [5.74, 6) is 1.24. The zero-order valence-corrected chi connectivity index (χ0v) is 16.2. The van der Waals surface area contributed by atoms with E-state index in [0.717, 1.165) is 28.0 Å². The topological polar surface area (TPSA) is 71.4 Å². The molecule has 0 saturated heterocycles. The Morgan fingerprint density at radius 2 is 2.26 bits per heavy atom. The van der Waals surface area contributed by atoms with Crippen molar-refractivity contribution in [2.24, 2.45) is 0 Å². The second-order valence-corrected chi connectivity index (χ2v) is 7.57. The molecule has 3 heterocycles. The number of nitrogens with zero attached hydrogens (tertiary/aromatic N) is 2. The number of aromatic amines is 1. The van der Waals surface area contributed by atoms with Crippen LogP contribution in [0.4, 0.5) is 0 Å². The highest BCUT2D eigenvalue weighted by Crippen LogP contribution is 2.30. The third-order valence-electron chi connectivity index (χ3n) is 4.77. The molecule has 4 rings (SSSR count). The fourth-order valence-electron chi connectivity index (χ4n) is 3.52. The average Bonchev–Trinajstić information content (AvgIpc) is 3.22. The summed E-state index contributed by atoms with van der Waals surface area (Å²) in [5, 5.41) is 5.76. The lowest BCUT2D eigenvalue weighted by atomic mass is 10.0. The number of hydrogen-bond acceptors (Lipinski definition) is 4. The molecule has 6 nitrogen and oxygen atoms in total. The van der Waals surface area contributed by atoms with Gasteiger partial charge in [-0.25, -0.2) is 0 Å². The minimum Gasteiger partial charge on any atom is -0.473 e. The molecule has 7 heteroatoms. The Hall–Kier alpha value is -2.47. The Morgan fingerprint density at radius 1 is 1.41 bits per heavy atom. The van der Waals surface area contributed by atoms with Crippen LogP contribution in [0.15, 0.2) is 28.8 Å². The molecule has 0 spiro atoms. The van der Waals surface area contributed by atoms with E-state index >= 15 is 0 Å². The number of halogens is 1. The first-order chi connectivity index (χ1) is 13.0. The van der Waals surface area contributed by atoms with Gasteiger partial charge < -0.3 is 19.1 Å². The fourth-order valence-corrected chi connectivity index (χ4v) is 3.70. The number of hydrogen-bond donors (Lipinski definition) is 1. The number of H-pyrrole nitrogens is 1. The zero-order valence-electron chi connectivity index (χ0n) is 15.4.